The van der Waals surface area contributed by atoms with Gasteiger partial charge in [0.05, 0.1) is 18.2 Å². The molecule has 0 aliphatic heterocycles. The fourth-order valence-electron chi connectivity index (χ4n) is 5.99. The van der Waals surface area contributed by atoms with Gasteiger partial charge in [0.15, 0.2) is 0 Å². The summed E-state index contributed by atoms with van der Waals surface area (Å²) in [6.45, 7) is 0.756. The second-order valence-corrected chi connectivity index (χ2v) is 11.7. The molecule has 37 heavy (non-hydrogen) atoms. The standard InChI is InChI=1S/C30H37BrN4O2/c1-34(2)15-12-30(36,23-11-14-35-16-13-32-28(35)20-23)26(17-21-7-5-4-6-8-21)25-19-22-18-24(31)9-10-27(22)33-29(25)37-3/h9-11,13-14,16,18-21,26,36H,4-8,12,15,17H2,1-3H3. The predicted octanol–water partition coefficient (Wildman–Crippen LogP) is 6.55. The van der Waals surface area contributed by atoms with E-state index in [0.717, 1.165) is 45.1 Å². The fourth-order valence-corrected chi connectivity index (χ4v) is 6.37. The van der Waals surface area contributed by atoms with Crippen LogP contribution in [-0.4, -0.2) is 52.1 Å². The van der Waals surface area contributed by atoms with Gasteiger partial charge in [-0.1, -0.05) is 48.0 Å². The van der Waals surface area contributed by atoms with E-state index < -0.39 is 5.60 Å². The molecule has 1 aliphatic rings. The van der Waals surface area contributed by atoms with Crippen LogP contribution >= 0.6 is 15.9 Å². The Bertz CT molecular complexity index is 1360. The summed E-state index contributed by atoms with van der Waals surface area (Å²) >= 11 is 3.62. The van der Waals surface area contributed by atoms with Crippen molar-refractivity contribution in [2.24, 2.45) is 5.92 Å². The average Bonchev–Trinajstić information content (AvgIpc) is 3.38. The number of nitrogens with zero attached hydrogens (tertiary/aromatic N) is 4. The third kappa shape index (κ3) is 5.54. The molecule has 0 radical (unpaired) electrons. The molecule has 0 bridgehead atoms. The Morgan fingerprint density at radius 1 is 1.14 bits per heavy atom. The third-order valence-corrected chi connectivity index (χ3v) is 8.54. The Hall–Kier alpha value is -2.48. The summed E-state index contributed by atoms with van der Waals surface area (Å²) in [6.07, 6.45) is 13.4. The second-order valence-electron chi connectivity index (χ2n) is 10.8. The van der Waals surface area contributed by atoms with E-state index >= 15 is 0 Å². The van der Waals surface area contributed by atoms with Gasteiger partial charge in [-0.2, -0.15) is 0 Å². The number of pyridine rings is 2. The van der Waals surface area contributed by atoms with Crippen molar-refractivity contribution in [2.75, 3.05) is 27.7 Å². The van der Waals surface area contributed by atoms with E-state index in [0.29, 0.717) is 18.2 Å². The lowest BCUT2D eigenvalue weighted by atomic mass is 9.69. The summed E-state index contributed by atoms with van der Waals surface area (Å²) in [5.41, 5.74) is 2.47. The maximum absolute atomic E-state index is 12.9. The lowest BCUT2D eigenvalue weighted by Crippen LogP contribution is -2.38. The molecule has 1 aromatic carbocycles. The lowest BCUT2D eigenvalue weighted by molar-refractivity contribution is -0.0167. The van der Waals surface area contributed by atoms with Crippen LogP contribution in [0.25, 0.3) is 16.6 Å². The molecule has 1 aliphatic carbocycles. The zero-order chi connectivity index (χ0) is 26.0. The van der Waals surface area contributed by atoms with E-state index in [2.05, 4.69) is 58.1 Å². The summed E-state index contributed by atoms with van der Waals surface area (Å²) in [4.78, 5) is 11.6. The molecule has 3 heterocycles. The Balaban J connectivity index is 1.69. The van der Waals surface area contributed by atoms with Crippen molar-refractivity contribution in [3.63, 3.8) is 0 Å². The zero-order valence-electron chi connectivity index (χ0n) is 22.0. The Morgan fingerprint density at radius 2 is 1.95 bits per heavy atom. The topological polar surface area (TPSA) is 62.9 Å². The normalized spacial score (nSPS) is 17.4. The number of imidazole rings is 1. The van der Waals surface area contributed by atoms with Gasteiger partial charge in [-0.05, 0) is 74.8 Å². The highest BCUT2D eigenvalue weighted by atomic mass is 79.9. The van der Waals surface area contributed by atoms with Gasteiger partial charge in [-0.25, -0.2) is 9.97 Å². The quantitative estimate of drug-likeness (QED) is 0.250. The minimum absolute atomic E-state index is 0.182. The van der Waals surface area contributed by atoms with Crippen LogP contribution in [0.4, 0.5) is 0 Å². The van der Waals surface area contributed by atoms with Crippen LogP contribution in [0.15, 0.2) is 59.5 Å². The summed E-state index contributed by atoms with van der Waals surface area (Å²) in [7, 11) is 5.80. The van der Waals surface area contributed by atoms with Gasteiger partial charge in [-0.3, -0.25) is 0 Å². The number of aromatic nitrogens is 3. The largest absolute Gasteiger partial charge is 0.481 e. The van der Waals surface area contributed by atoms with Gasteiger partial charge in [-0.15, -0.1) is 0 Å². The Kier molecular flexibility index (Phi) is 7.84. The number of benzene rings is 1. The first kappa shape index (κ1) is 26.1. The minimum atomic E-state index is -1.12. The highest BCUT2D eigenvalue weighted by Gasteiger charge is 2.42. The number of aliphatic hydroxyl groups is 1. The monoisotopic (exact) mass is 564 g/mol. The molecule has 1 fully saturated rings. The van der Waals surface area contributed by atoms with Crippen molar-refractivity contribution >= 4 is 32.5 Å². The van der Waals surface area contributed by atoms with Crippen molar-refractivity contribution in [3.8, 4) is 5.88 Å². The number of fused-ring (bicyclic) bond motifs is 2. The summed E-state index contributed by atoms with van der Waals surface area (Å²) in [6, 6.07) is 12.4. The first-order valence-electron chi connectivity index (χ1n) is 13.3. The van der Waals surface area contributed by atoms with Gasteiger partial charge < -0.3 is 19.1 Å². The Morgan fingerprint density at radius 3 is 2.70 bits per heavy atom. The van der Waals surface area contributed by atoms with Crippen LogP contribution < -0.4 is 4.74 Å². The van der Waals surface area contributed by atoms with Gasteiger partial charge in [0, 0.05) is 46.5 Å². The van der Waals surface area contributed by atoms with E-state index in [-0.39, 0.29) is 5.92 Å². The van der Waals surface area contributed by atoms with Crippen molar-refractivity contribution in [1.29, 1.82) is 0 Å². The van der Waals surface area contributed by atoms with Crippen LogP contribution in [-0.2, 0) is 5.60 Å². The second kappa shape index (κ2) is 11.1. The number of methoxy groups -OCH3 is 1. The molecule has 2 atom stereocenters. The van der Waals surface area contributed by atoms with Crippen LogP contribution in [0, 0.1) is 5.92 Å². The van der Waals surface area contributed by atoms with Crippen molar-refractivity contribution in [3.05, 3.63) is 70.6 Å². The van der Waals surface area contributed by atoms with E-state index in [9.17, 15) is 5.11 Å². The predicted molar refractivity (Wildman–Crippen MR) is 152 cm³/mol. The molecule has 0 amide bonds. The molecule has 0 spiro atoms. The highest BCUT2D eigenvalue weighted by Crippen LogP contribution is 2.48. The van der Waals surface area contributed by atoms with Crippen LogP contribution in [0.5, 0.6) is 5.88 Å². The highest BCUT2D eigenvalue weighted by molar-refractivity contribution is 9.10. The smallest absolute Gasteiger partial charge is 0.217 e. The van der Waals surface area contributed by atoms with Gasteiger partial charge in [0.1, 0.15) is 5.65 Å². The molecule has 6 nitrogen and oxygen atoms in total. The molecule has 3 aromatic heterocycles. The fraction of sp³-hybridized carbons (Fsp3) is 0.467. The van der Waals surface area contributed by atoms with E-state index in [1.54, 1.807) is 13.3 Å². The molecule has 2 unspecified atom stereocenters. The average molecular weight is 566 g/mol. The van der Waals surface area contributed by atoms with Gasteiger partial charge in [0.2, 0.25) is 5.88 Å². The molecule has 1 saturated carbocycles. The SMILES string of the molecule is COc1nc2ccc(Br)cc2cc1C(CC1CCCCC1)C(O)(CCN(C)C)c1ccn2ccnc2c1. The molecular weight excluding hydrogens is 528 g/mol. The number of halogens is 1. The van der Waals surface area contributed by atoms with Gasteiger partial charge >= 0.3 is 0 Å². The Labute approximate surface area is 227 Å². The van der Waals surface area contributed by atoms with Crippen LogP contribution in [0.3, 0.4) is 0 Å². The summed E-state index contributed by atoms with van der Waals surface area (Å²) in [5, 5.41) is 13.9. The molecule has 0 saturated heterocycles. The zero-order valence-corrected chi connectivity index (χ0v) is 23.6. The van der Waals surface area contributed by atoms with Crippen molar-refractivity contribution < 1.29 is 9.84 Å². The molecule has 196 valence electrons. The van der Waals surface area contributed by atoms with E-state index in [1.807, 2.05) is 35.0 Å². The van der Waals surface area contributed by atoms with Crippen molar-refractivity contribution in [2.45, 2.75) is 56.5 Å². The molecule has 7 heteroatoms. The number of ether oxygens (including phenoxy) is 1. The maximum Gasteiger partial charge on any atom is 0.217 e. The first-order valence-corrected chi connectivity index (χ1v) is 14.1. The maximum atomic E-state index is 12.9. The molecule has 5 rings (SSSR count). The lowest BCUT2D eigenvalue weighted by Gasteiger charge is -2.40. The number of rotatable bonds is 9. The first-order chi connectivity index (χ1) is 17.9. The van der Waals surface area contributed by atoms with Crippen molar-refractivity contribution in [1.82, 2.24) is 19.3 Å². The summed E-state index contributed by atoms with van der Waals surface area (Å²) in [5.74, 6) is 0.974. The van der Waals surface area contributed by atoms with Gasteiger partial charge in [0.25, 0.3) is 0 Å². The number of hydrogen-bond donors (Lipinski definition) is 1. The third-order valence-electron chi connectivity index (χ3n) is 8.05. The number of hydrogen-bond acceptors (Lipinski definition) is 5. The van der Waals surface area contributed by atoms with E-state index in [4.69, 9.17) is 9.72 Å². The molecule has 1 N–H and O–H groups in total. The van der Waals surface area contributed by atoms with E-state index in [1.165, 1.54) is 32.1 Å². The minimum Gasteiger partial charge on any atom is -0.481 e. The van der Waals surface area contributed by atoms with Crippen LogP contribution in [0.1, 0.15) is 62.0 Å². The molecular formula is C30H37BrN4O2. The summed E-state index contributed by atoms with van der Waals surface area (Å²) < 4.78 is 8.90. The van der Waals surface area contributed by atoms with Crippen LogP contribution in [0.2, 0.25) is 0 Å². The molecule has 4 aromatic rings.